The van der Waals surface area contributed by atoms with E-state index in [0.29, 0.717) is 12.0 Å². The van der Waals surface area contributed by atoms with Gasteiger partial charge in [-0.3, -0.25) is 9.59 Å². The van der Waals surface area contributed by atoms with Crippen molar-refractivity contribution in [2.45, 2.75) is 90.6 Å². The highest BCUT2D eigenvalue weighted by Crippen LogP contribution is 2.36. The van der Waals surface area contributed by atoms with Gasteiger partial charge in [-0.2, -0.15) is 0 Å². The van der Waals surface area contributed by atoms with Gasteiger partial charge in [0.15, 0.2) is 0 Å². The lowest BCUT2D eigenvalue weighted by atomic mass is 9.92. The Balaban J connectivity index is 1.92. The normalized spacial score (nSPS) is 20.4. The Morgan fingerprint density at radius 1 is 1.16 bits per heavy atom. The highest BCUT2D eigenvalue weighted by atomic mass is 16.4. The van der Waals surface area contributed by atoms with Crippen LogP contribution in [0.2, 0.25) is 0 Å². The van der Waals surface area contributed by atoms with E-state index in [1.807, 2.05) is 11.8 Å². The van der Waals surface area contributed by atoms with Crippen LogP contribution in [-0.2, 0) is 9.59 Å². The predicted octanol–water partition coefficient (Wildman–Crippen LogP) is 5.09. The van der Waals surface area contributed by atoms with Crippen LogP contribution in [0, 0.1) is 5.92 Å². The van der Waals surface area contributed by atoms with Crippen molar-refractivity contribution in [2.75, 3.05) is 29.9 Å². The zero-order chi connectivity index (χ0) is 23.3. The molecule has 1 aliphatic carbocycles. The van der Waals surface area contributed by atoms with Crippen LogP contribution in [0.15, 0.2) is 18.2 Å². The number of hydrogen-bond donors (Lipinski definition) is 2. The summed E-state index contributed by atoms with van der Waals surface area (Å²) in [6.07, 6.45) is 7.40. The molecule has 2 unspecified atom stereocenters. The molecule has 2 N–H and O–H groups in total. The molecule has 32 heavy (non-hydrogen) atoms. The zero-order valence-corrected chi connectivity index (χ0v) is 20.3. The van der Waals surface area contributed by atoms with Gasteiger partial charge in [-0.1, -0.05) is 46.1 Å². The molecule has 0 spiro atoms. The average molecular weight is 444 g/mol. The quantitative estimate of drug-likeness (QED) is 0.556. The third-order valence-corrected chi connectivity index (χ3v) is 6.95. The summed E-state index contributed by atoms with van der Waals surface area (Å²) >= 11 is 0. The molecule has 1 amide bonds. The van der Waals surface area contributed by atoms with Crippen LogP contribution in [0.1, 0.15) is 84.1 Å². The van der Waals surface area contributed by atoms with E-state index in [9.17, 15) is 14.7 Å². The zero-order valence-electron chi connectivity index (χ0n) is 20.3. The summed E-state index contributed by atoms with van der Waals surface area (Å²) in [6, 6.07) is 7.24. The van der Waals surface area contributed by atoms with E-state index in [0.717, 1.165) is 37.3 Å². The summed E-state index contributed by atoms with van der Waals surface area (Å²) in [5.74, 6) is -0.141. The lowest BCUT2D eigenvalue weighted by molar-refractivity contribution is -0.137. The largest absolute Gasteiger partial charge is 0.481 e. The lowest BCUT2D eigenvalue weighted by Gasteiger charge is -2.39. The van der Waals surface area contributed by atoms with Gasteiger partial charge in [0.25, 0.3) is 0 Å². The van der Waals surface area contributed by atoms with E-state index in [1.165, 1.54) is 37.8 Å². The second kappa shape index (κ2) is 11.1. The van der Waals surface area contributed by atoms with Crippen molar-refractivity contribution in [1.29, 1.82) is 0 Å². The molecule has 2 fully saturated rings. The molecule has 1 aromatic carbocycles. The molecule has 0 bridgehead atoms. The Bertz CT molecular complexity index is 789. The van der Waals surface area contributed by atoms with Gasteiger partial charge in [-0.15, -0.1) is 0 Å². The molecule has 0 aromatic heterocycles. The highest BCUT2D eigenvalue weighted by molar-refractivity contribution is 5.75. The van der Waals surface area contributed by atoms with Gasteiger partial charge in [-0.25, -0.2) is 0 Å². The van der Waals surface area contributed by atoms with Crippen molar-refractivity contribution in [3.8, 4) is 0 Å². The number of carboxylic acids is 1. The van der Waals surface area contributed by atoms with E-state index >= 15 is 0 Å². The smallest absolute Gasteiger partial charge is 0.303 e. The molecule has 1 aliphatic heterocycles. The maximum absolute atomic E-state index is 11.8. The number of amides is 1. The van der Waals surface area contributed by atoms with Gasteiger partial charge in [0.2, 0.25) is 5.91 Å². The number of hydrogen-bond acceptors (Lipinski definition) is 4. The lowest BCUT2D eigenvalue weighted by Crippen LogP contribution is -2.40. The van der Waals surface area contributed by atoms with Crippen LogP contribution in [0.3, 0.4) is 0 Å². The van der Waals surface area contributed by atoms with Gasteiger partial charge in [-0.05, 0) is 48.8 Å². The summed E-state index contributed by atoms with van der Waals surface area (Å²) in [6.45, 7) is 10.7. The summed E-state index contributed by atoms with van der Waals surface area (Å²) in [5, 5.41) is 13.0. The fourth-order valence-corrected chi connectivity index (χ4v) is 5.22. The Labute approximate surface area is 193 Å². The van der Waals surface area contributed by atoms with Crippen molar-refractivity contribution < 1.29 is 14.7 Å². The Hall–Kier alpha value is -2.24. The number of aliphatic carboxylic acids is 1. The monoisotopic (exact) mass is 443 g/mol. The molecule has 0 radical (unpaired) electrons. The third kappa shape index (κ3) is 6.39. The number of nitrogens with one attached hydrogen (secondary N) is 1. The minimum absolute atomic E-state index is 0.0485. The Morgan fingerprint density at radius 3 is 2.47 bits per heavy atom. The van der Waals surface area contributed by atoms with Gasteiger partial charge < -0.3 is 20.2 Å². The number of rotatable bonds is 9. The number of carbonyl (C=O) groups excluding carboxylic acids is 1. The Morgan fingerprint density at radius 2 is 1.88 bits per heavy atom. The van der Waals surface area contributed by atoms with E-state index in [4.69, 9.17) is 0 Å². The molecule has 1 saturated heterocycles. The van der Waals surface area contributed by atoms with E-state index in [2.05, 4.69) is 42.3 Å². The fraction of sp³-hybridized carbons (Fsp3) is 0.692. The number of likely N-dealkylation sites (tertiary alicyclic amines) is 1. The number of carbonyl (C=O) groups is 2. The maximum atomic E-state index is 11.8. The fourth-order valence-electron chi connectivity index (χ4n) is 5.22. The summed E-state index contributed by atoms with van der Waals surface area (Å²) in [4.78, 5) is 27.6. The molecule has 2 aliphatic rings. The van der Waals surface area contributed by atoms with E-state index < -0.39 is 5.97 Å². The number of nitrogens with zero attached hydrogens (tertiary/aromatic N) is 2. The van der Waals surface area contributed by atoms with Crippen LogP contribution in [0.5, 0.6) is 0 Å². The van der Waals surface area contributed by atoms with Crippen molar-refractivity contribution >= 4 is 23.3 Å². The molecule has 2 atom stereocenters. The minimum atomic E-state index is -0.771. The van der Waals surface area contributed by atoms with E-state index in [-0.39, 0.29) is 24.3 Å². The number of benzene rings is 1. The van der Waals surface area contributed by atoms with Gasteiger partial charge in [0.1, 0.15) is 0 Å². The molecule has 1 saturated carbocycles. The third-order valence-electron chi connectivity index (χ3n) is 6.95. The van der Waals surface area contributed by atoms with Crippen LogP contribution >= 0.6 is 0 Å². The minimum Gasteiger partial charge on any atom is -0.481 e. The first kappa shape index (κ1) is 24.4. The molecule has 178 valence electrons. The molecule has 6 heteroatoms. The van der Waals surface area contributed by atoms with Gasteiger partial charge >= 0.3 is 5.97 Å². The summed E-state index contributed by atoms with van der Waals surface area (Å²) in [7, 11) is 0. The molecule has 6 nitrogen and oxygen atoms in total. The van der Waals surface area contributed by atoms with Crippen LogP contribution < -0.4 is 10.2 Å². The van der Waals surface area contributed by atoms with Crippen molar-refractivity contribution in [3.05, 3.63) is 23.8 Å². The maximum Gasteiger partial charge on any atom is 0.303 e. The van der Waals surface area contributed by atoms with Crippen molar-refractivity contribution in [3.63, 3.8) is 0 Å². The first-order valence-electron chi connectivity index (χ1n) is 12.4. The predicted molar refractivity (Wildman–Crippen MR) is 130 cm³/mol. The first-order chi connectivity index (χ1) is 15.2. The molecular formula is C26H41N3O3. The van der Waals surface area contributed by atoms with Crippen LogP contribution in [0.4, 0.5) is 11.4 Å². The summed E-state index contributed by atoms with van der Waals surface area (Å²) < 4.78 is 0. The molecular weight excluding hydrogens is 402 g/mol. The van der Waals surface area contributed by atoms with Crippen LogP contribution in [-0.4, -0.2) is 53.6 Å². The molecule has 1 aromatic rings. The SMILES string of the molecule is CC(=O)N1CCC(Nc2cc(C(C)CC(=O)O)ccc2N(CC(C)C)C2CCCCC2)C1. The van der Waals surface area contributed by atoms with Gasteiger partial charge in [0, 0.05) is 38.6 Å². The number of carboxylic acid groups (broad SMARTS) is 1. The van der Waals surface area contributed by atoms with Crippen molar-refractivity contribution in [1.82, 2.24) is 4.90 Å². The van der Waals surface area contributed by atoms with Gasteiger partial charge in [0.05, 0.1) is 17.8 Å². The average Bonchev–Trinajstić information content (AvgIpc) is 3.21. The topological polar surface area (TPSA) is 72.9 Å². The molecule has 3 rings (SSSR count). The number of anilines is 2. The highest BCUT2D eigenvalue weighted by Gasteiger charge is 2.28. The standard InChI is InChI=1S/C26H41N3O3/c1-18(2)16-29(23-8-6-5-7-9-23)25-11-10-21(19(3)14-26(31)32)15-24(25)27-22-12-13-28(17-22)20(4)30/h10-11,15,18-19,22-23,27H,5-9,12-14,16-17H2,1-4H3,(H,31,32). The van der Waals surface area contributed by atoms with Crippen molar-refractivity contribution in [2.24, 2.45) is 5.92 Å². The van der Waals surface area contributed by atoms with E-state index in [1.54, 1.807) is 6.92 Å². The van der Waals surface area contributed by atoms with Crippen LogP contribution in [0.25, 0.3) is 0 Å². The summed E-state index contributed by atoms with van der Waals surface area (Å²) in [5.41, 5.74) is 3.35. The second-order valence-electron chi connectivity index (χ2n) is 10.2. The Kier molecular flexibility index (Phi) is 8.44. The molecule has 1 heterocycles. The second-order valence-corrected chi connectivity index (χ2v) is 10.2. The first-order valence-corrected chi connectivity index (χ1v) is 12.4.